The predicted molar refractivity (Wildman–Crippen MR) is 121 cm³/mol. The van der Waals surface area contributed by atoms with Crippen LogP contribution in [0.4, 0.5) is 5.00 Å². The van der Waals surface area contributed by atoms with Crippen molar-refractivity contribution in [2.75, 3.05) is 25.1 Å². The van der Waals surface area contributed by atoms with Crippen molar-refractivity contribution in [3.8, 4) is 11.8 Å². The molecule has 2 rings (SSSR count). The second kappa shape index (κ2) is 11.7. The van der Waals surface area contributed by atoms with E-state index in [9.17, 15) is 19.6 Å². The van der Waals surface area contributed by atoms with Crippen molar-refractivity contribution in [2.45, 2.75) is 27.7 Å². The van der Waals surface area contributed by atoms with Crippen LogP contribution < -0.4 is 10.1 Å². The van der Waals surface area contributed by atoms with Crippen molar-refractivity contribution < 1.29 is 28.6 Å². The summed E-state index contributed by atoms with van der Waals surface area (Å²) in [6.45, 7) is 7.57. The quantitative estimate of drug-likeness (QED) is 0.339. The van der Waals surface area contributed by atoms with Gasteiger partial charge >= 0.3 is 11.9 Å². The molecular weight excluding hydrogens is 432 g/mol. The highest BCUT2D eigenvalue weighted by atomic mass is 32.1. The number of hydrogen-bond donors (Lipinski definition) is 1. The number of benzene rings is 1. The average molecular weight is 457 g/mol. The summed E-state index contributed by atoms with van der Waals surface area (Å²) in [6.07, 6.45) is 1.42. The first kappa shape index (κ1) is 24.6. The van der Waals surface area contributed by atoms with E-state index in [1.54, 1.807) is 45.0 Å². The number of carbonyl (C=O) groups excluding carboxylic acids is 3. The molecule has 8 nitrogen and oxygen atoms in total. The number of amides is 1. The van der Waals surface area contributed by atoms with Gasteiger partial charge in [-0.15, -0.1) is 11.3 Å². The lowest BCUT2D eigenvalue weighted by Gasteiger charge is -2.07. The second-order valence-corrected chi connectivity index (χ2v) is 7.35. The van der Waals surface area contributed by atoms with Gasteiger partial charge < -0.3 is 19.5 Å². The van der Waals surface area contributed by atoms with Gasteiger partial charge in [-0.2, -0.15) is 5.26 Å². The van der Waals surface area contributed by atoms with Crippen molar-refractivity contribution >= 4 is 40.3 Å². The first-order valence-electron chi connectivity index (χ1n) is 9.99. The van der Waals surface area contributed by atoms with Crippen LogP contribution in [0.15, 0.2) is 29.8 Å². The van der Waals surface area contributed by atoms with E-state index in [1.807, 2.05) is 13.0 Å². The first-order valence-corrected chi connectivity index (χ1v) is 10.8. The van der Waals surface area contributed by atoms with Gasteiger partial charge in [-0.3, -0.25) is 4.79 Å². The molecule has 0 aliphatic rings. The van der Waals surface area contributed by atoms with E-state index in [2.05, 4.69) is 5.32 Å². The number of hydrogen-bond acceptors (Lipinski definition) is 8. The maximum atomic E-state index is 12.8. The predicted octanol–water partition coefficient (Wildman–Crippen LogP) is 4.35. The van der Waals surface area contributed by atoms with Gasteiger partial charge in [0.15, 0.2) is 0 Å². The largest absolute Gasteiger partial charge is 0.494 e. The Hall–Kier alpha value is -3.64. The van der Waals surface area contributed by atoms with Gasteiger partial charge in [0.1, 0.15) is 27.3 Å². The van der Waals surface area contributed by atoms with Crippen LogP contribution in [-0.4, -0.2) is 37.7 Å². The zero-order chi connectivity index (χ0) is 23.7. The first-order chi connectivity index (χ1) is 15.4. The van der Waals surface area contributed by atoms with Crippen LogP contribution in [0.5, 0.6) is 5.75 Å². The van der Waals surface area contributed by atoms with Gasteiger partial charge in [0.25, 0.3) is 5.91 Å². The molecule has 1 amide bonds. The van der Waals surface area contributed by atoms with Crippen molar-refractivity contribution in [3.05, 3.63) is 51.4 Å². The molecule has 0 aliphatic heterocycles. The fourth-order valence-electron chi connectivity index (χ4n) is 2.75. The molecule has 0 bridgehead atoms. The molecule has 1 aromatic carbocycles. The Kier molecular flexibility index (Phi) is 8.98. The monoisotopic (exact) mass is 456 g/mol. The molecule has 0 aliphatic carbocycles. The SMILES string of the molecule is CCOC(=O)c1sc(NC(=O)/C(C#N)=C/c2ccc(OCC)cc2)c(C(=O)OCC)c1C. The number of nitrogens with one attached hydrogen (secondary N) is 1. The molecular formula is C23H24N2O6S. The molecule has 0 fully saturated rings. The Morgan fingerprint density at radius 2 is 1.66 bits per heavy atom. The van der Waals surface area contributed by atoms with Crippen molar-refractivity contribution in [2.24, 2.45) is 0 Å². The minimum Gasteiger partial charge on any atom is -0.494 e. The van der Waals surface area contributed by atoms with Crippen LogP contribution in [0.2, 0.25) is 0 Å². The highest BCUT2D eigenvalue weighted by Gasteiger charge is 2.27. The van der Waals surface area contributed by atoms with E-state index in [1.165, 1.54) is 6.08 Å². The van der Waals surface area contributed by atoms with E-state index >= 15 is 0 Å². The summed E-state index contributed by atoms with van der Waals surface area (Å²) >= 11 is 0.898. The smallest absolute Gasteiger partial charge is 0.348 e. The fourth-order valence-corrected chi connectivity index (χ4v) is 3.84. The standard InChI is InChI=1S/C23H24N2O6S/c1-5-29-17-10-8-15(9-11-17)12-16(13-24)20(26)25-21-18(22(27)30-6-2)14(4)19(32-21)23(28)31-7-3/h8-12H,5-7H2,1-4H3,(H,25,26)/b16-12+. The minimum absolute atomic E-state index is 0.0617. The topological polar surface area (TPSA) is 115 Å². The fraction of sp³-hybridized carbons (Fsp3) is 0.304. The molecule has 0 spiro atoms. The van der Waals surface area contributed by atoms with Gasteiger partial charge in [0, 0.05) is 0 Å². The molecule has 0 atom stereocenters. The van der Waals surface area contributed by atoms with Crippen LogP contribution in [0.3, 0.4) is 0 Å². The molecule has 168 valence electrons. The van der Waals surface area contributed by atoms with Crippen molar-refractivity contribution in [1.29, 1.82) is 5.26 Å². The van der Waals surface area contributed by atoms with Crippen LogP contribution in [0.1, 0.15) is 51.9 Å². The summed E-state index contributed by atoms with van der Waals surface area (Å²) < 4.78 is 15.5. The number of esters is 2. The Labute approximate surface area is 190 Å². The molecule has 0 saturated carbocycles. The van der Waals surface area contributed by atoms with Gasteiger partial charge in [0.05, 0.1) is 25.4 Å². The maximum Gasteiger partial charge on any atom is 0.348 e. The van der Waals surface area contributed by atoms with Gasteiger partial charge in [-0.25, -0.2) is 9.59 Å². The molecule has 1 aromatic heterocycles. The molecule has 0 radical (unpaired) electrons. The highest BCUT2D eigenvalue weighted by Crippen LogP contribution is 2.34. The van der Waals surface area contributed by atoms with E-state index in [0.717, 1.165) is 11.3 Å². The number of ether oxygens (including phenoxy) is 3. The van der Waals surface area contributed by atoms with E-state index < -0.39 is 17.8 Å². The van der Waals surface area contributed by atoms with Gasteiger partial charge in [-0.1, -0.05) is 12.1 Å². The normalized spacial score (nSPS) is 10.8. The minimum atomic E-state index is -0.719. The van der Waals surface area contributed by atoms with Crippen LogP contribution in [-0.2, 0) is 14.3 Å². The van der Waals surface area contributed by atoms with Gasteiger partial charge in [-0.05, 0) is 57.0 Å². The Morgan fingerprint density at radius 3 is 2.22 bits per heavy atom. The number of rotatable bonds is 9. The van der Waals surface area contributed by atoms with E-state index in [0.29, 0.717) is 23.5 Å². The molecule has 0 saturated heterocycles. The number of nitrogens with zero attached hydrogens (tertiary/aromatic N) is 1. The lowest BCUT2D eigenvalue weighted by Crippen LogP contribution is -2.16. The van der Waals surface area contributed by atoms with Crippen molar-refractivity contribution in [3.63, 3.8) is 0 Å². The summed E-state index contributed by atoms with van der Waals surface area (Å²) in [6, 6.07) is 8.76. The number of anilines is 1. The number of nitriles is 1. The van der Waals surface area contributed by atoms with Crippen LogP contribution in [0.25, 0.3) is 6.08 Å². The summed E-state index contributed by atoms with van der Waals surface area (Å²) in [7, 11) is 0. The second-order valence-electron chi connectivity index (χ2n) is 6.33. The molecule has 1 N–H and O–H groups in total. The Morgan fingerprint density at radius 1 is 1.03 bits per heavy atom. The molecule has 0 unspecified atom stereocenters. The molecule has 2 aromatic rings. The summed E-state index contributed by atoms with van der Waals surface area (Å²) in [4.78, 5) is 37.7. The van der Waals surface area contributed by atoms with Crippen LogP contribution in [0, 0.1) is 18.3 Å². The van der Waals surface area contributed by atoms with E-state index in [-0.39, 0.29) is 34.2 Å². The zero-order valence-electron chi connectivity index (χ0n) is 18.3. The maximum absolute atomic E-state index is 12.8. The van der Waals surface area contributed by atoms with Crippen molar-refractivity contribution in [1.82, 2.24) is 0 Å². The van der Waals surface area contributed by atoms with E-state index in [4.69, 9.17) is 14.2 Å². The lowest BCUT2D eigenvalue weighted by atomic mass is 10.1. The summed E-state index contributed by atoms with van der Waals surface area (Å²) in [5.74, 6) is -1.33. The third kappa shape index (κ3) is 5.95. The summed E-state index contributed by atoms with van der Waals surface area (Å²) in [5, 5.41) is 12.2. The third-order valence-electron chi connectivity index (χ3n) is 4.18. The third-order valence-corrected chi connectivity index (χ3v) is 5.37. The average Bonchev–Trinajstić information content (AvgIpc) is 3.09. The molecule has 9 heteroatoms. The zero-order valence-corrected chi connectivity index (χ0v) is 19.1. The lowest BCUT2D eigenvalue weighted by molar-refractivity contribution is -0.112. The number of thiophene rings is 1. The Balaban J connectivity index is 2.37. The van der Waals surface area contributed by atoms with Crippen LogP contribution >= 0.6 is 11.3 Å². The number of carbonyl (C=O) groups is 3. The van der Waals surface area contributed by atoms with Gasteiger partial charge in [0.2, 0.25) is 0 Å². The summed E-state index contributed by atoms with van der Waals surface area (Å²) in [5.41, 5.74) is 0.857. The molecule has 32 heavy (non-hydrogen) atoms. The molecule has 1 heterocycles. The highest BCUT2D eigenvalue weighted by molar-refractivity contribution is 7.18. The Bertz CT molecular complexity index is 1060.